The van der Waals surface area contributed by atoms with Crippen LogP contribution < -0.4 is 0 Å². The molecule has 4 heteroatoms. The zero-order valence-corrected chi connectivity index (χ0v) is 13.5. The molecule has 0 radical (unpaired) electrons. The molecule has 0 unspecified atom stereocenters. The minimum Gasteiger partial charge on any atom is -0.460 e. The molecule has 1 heterocycles. The molecule has 1 aliphatic rings. The Morgan fingerprint density at radius 3 is 2.67 bits per heavy atom. The maximum atomic E-state index is 12.0. The Morgan fingerprint density at radius 2 is 2.05 bits per heavy atom. The molecule has 4 nitrogen and oxygen atoms in total. The van der Waals surface area contributed by atoms with E-state index in [0.717, 1.165) is 18.5 Å². The maximum absolute atomic E-state index is 12.0. The van der Waals surface area contributed by atoms with Gasteiger partial charge < -0.3 is 9.15 Å². The lowest BCUT2D eigenvalue weighted by atomic mass is 9.87. The molecule has 2 rings (SSSR count). The van der Waals surface area contributed by atoms with Crippen molar-refractivity contribution in [2.45, 2.75) is 65.7 Å². The lowest BCUT2D eigenvalue weighted by Crippen LogP contribution is -2.09. The Morgan fingerprint density at radius 1 is 1.33 bits per heavy atom. The van der Waals surface area contributed by atoms with E-state index >= 15 is 0 Å². The lowest BCUT2D eigenvalue weighted by Gasteiger charge is -2.19. The molecule has 0 spiro atoms. The molecule has 1 fully saturated rings. The van der Waals surface area contributed by atoms with Gasteiger partial charge in [-0.3, -0.25) is 0 Å². The van der Waals surface area contributed by atoms with Crippen molar-refractivity contribution in [3.63, 3.8) is 0 Å². The van der Waals surface area contributed by atoms with Gasteiger partial charge in [0.2, 0.25) is 5.76 Å². The first-order valence-electron chi connectivity index (χ1n) is 8.25. The summed E-state index contributed by atoms with van der Waals surface area (Å²) < 4.78 is 10.8. The Hall–Kier alpha value is -1.32. The van der Waals surface area contributed by atoms with E-state index in [4.69, 9.17) is 9.15 Å². The van der Waals surface area contributed by atoms with Crippen LogP contribution in [-0.4, -0.2) is 17.6 Å². The third-order valence-corrected chi connectivity index (χ3v) is 3.99. The van der Waals surface area contributed by atoms with Crippen molar-refractivity contribution in [1.82, 2.24) is 4.98 Å². The summed E-state index contributed by atoms with van der Waals surface area (Å²) in [7, 11) is 0. The third kappa shape index (κ3) is 4.58. The zero-order valence-electron chi connectivity index (χ0n) is 13.5. The number of carbonyl (C=O) groups excluding carboxylic acids is 1. The van der Waals surface area contributed by atoms with E-state index in [1.54, 1.807) is 6.92 Å². The van der Waals surface area contributed by atoms with Gasteiger partial charge in [-0.05, 0) is 38.0 Å². The van der Waals surface area contributed by atoms with E-state index in [9.17, 15) is 4.79 Å². The van der Waals surface area contributed by atoms with Gasteiger partial charge in [-0.25, -0.2) is 9.78 Å². The van der Waals surface area contributed by atoms with Crippen molar-refractivity contribution in [3.05, 3.63) is 17.3 Å². The molecule has 1 aromatic heterocycles. The van der Waals surface area contributed by atoms with Crippen LogP contribution in [0.4, 0.5) is 0 Å². The predicted molar refractivity (Wildman–Crippen MR) is 81.3 cm³/mol. The monoisotopic (exact) mass is 293 g/mol. The molecular weight excluding hydrogens is 266 g/mol. The zero-order chi connectivity index (χ0) is 15.2. The first-order valence-corrected chi connectivity index (χ1v) is 8.25. The Kier molecular flexibility index (Phi) is 5.83. The average molecular weight is 293 g/mol. The SMILES string of the molecule is CCOC(=O)c1oc(CC2CCCCC2)nc1CC(C)C. The van der Waals surface area contributed by atoms with Crippen LogP contribution in [0.1, 0.15) is 75.0 Å². The summed E-state index contributed by atoms with van der Waals surface area (Å²) in [6, 6.07) is 0. The average Bonchev–Trinajstić information content (AvgIpc) is 2.82. The first kappa shape index (κ1) is 16.1. The number of esters is 1. The summed E-state index contributed by atoms with van der Waals surface area (Å²) >= 11 is 0. The summed E-state index contributed by atoms with van der Waals surface area (Å²) in [6.07, 6.45) is 8.04. The topological polar surface area (TPSA) is 52.3 Å². The number of oxazole rings is 1. The van der Waals surface area contributed by atoms with Gasteiger partial charge in [0, 0.05) is 6.42 Å². The first-order chi connectivity index (χ1) is 10.1. The molecule has 1 aliphatic carbocycles. The van der Waals surface area contributed by atoms with E-state index in [0.29, 0.717) is 30.1 Å². The molecule has 118 valence electrons. The number of nitrogens with zero attached hydrogens (tertiary/aromatic N) is 1. The van der Waals surface area contributed by atoms with Crippen LogP contribution in [0.2, 0.25) is 0 Å². The highest BCUT2D eigenvalue weighted by molar-refractivity contribution is 5.87. The van der Waals surface area contributed by atoms with Crippen molar-refractivity contribution in [2.24, 2.45) is 11.8 Å². The number of ether oxygens (including phenoxy) is 1. The fraction of sp³-hybridized carbons (Fsp3) is 0.765. The quantitative estimate of drug-likeness (QED) is 0.739. The molecule has 0 amide bonds. The second kappa shape index (κ2) is 7.62. The Balaban J connectivity index is 2.12. The summed E-state index contributed by atoms with van der Waals surface area (Å²) in [5, 5.41) is 0. The second-order valence-corrected chi connectivity index (χ2v) is 6.41. The van der Waals surface area contributed by atoms with Crippen molar-refractivity contribution >= 4 is 5.97 Å². The van der Waals surface area contributed by atoms with Gasteiger partial charge >= 0.3 is 5.97 Å². The van der Waals surface area contributed by atoms with Gasteiger partial charge in [-0.1, -0.05) is 33.1 Å². The van der Waals surface area contributed by atoms with E-state index in [1.165, 1.54) is 32.1 Å². The maximum Gasteiger partial charge on any atom is 0.376 e. The van der Waals surface area contributed by atoms with E-state index in [1.807, 2.05) is 0 Å². The lowest BCUT2D eigenvalue weighted by molar-refractivity contribution is 0.0485. The van der Waals surface area contributed by atoms with Crippen LogP contribution >= 0.6 is 0 Å². The van der Waals surface area contributed by atoms with Gasteiger partial charge in [0.1, 0.15) is 0 Å². The third-order valence-electron chi connectivity index (χ3n) is 3.99. The van der Waals surface area contributed by atoms with Crippen molar-refractivity contribution in [3.8, 4) is 0 Å². The van der Waals surface area contributed by atoms with Crippen LogP contribution in [0.15, 0.2) is 4.42 Å². The molecule has 0 saturated heterocycles. The summed E-state index contributed by atoms with van der Waals surface area (Å²) in [4.78, 5) is 16.6. The minimum absolute atomic E-state index is 0.316. The second-order valence-electron chi connectivity index (χ2n) is 6.41. The van der Waals surface area contributed by atoms with Crippen molar-refractivity contribution in [2.75, 3.05) is 6.61 Å². The van der Waals surface area contributed by atoms with Crippen LogP contribution in [0.5, 0.6) is 0 Å². The van der Waals surface area contributed by atoms with Crippen molar-refractivity contribution in [1.29, 1.82) is 0 Å². The van der Waals surface area contributed by atoms with Crippen LogP contribution in [-0.2, 0) is 17.6 Å². The van der Waals surface area contributed by atoms with Crippen LogP contribution in [0, 0.1) is 11.8 Å². The van der Waals surface area contributed by atoms with Gasteiger partial charge in [-0.15, -0.1) is 0 Å². The van der Waals surface area contributed by atoms with Gasteiger partial charge in [0.25, 0.3) is 0 Å². The summed E-state index contributed by atoms with van der Waals surface area (Å²) in [5.74, 6) is 1.73. The van der Waals surface area contributed by atoms with Gasteiger partial charge in [0.05, 0.1) is 12.3 Å². The van der Waals surface area contributed by atoms with E-state index in [-0.39, 0.29) is 5.97 Å². The normalized spacial score (nSPS) is 16.4. The highest BCUT2D eigenvalue weighted by Gasteiger charge is 2.24. The van der Waals surface area contributed by atoms with Crippen LogP contribution in [0.3, 0.4) is 0 Å². The number of hydrogen-bond donors (Lipinski definition) is 0. The molecule has 0 aromatic carbocycles. The summed E-state index contributed by atoms with van der Waals surface area (Å²) in [5.41, 5.74) is 0.759. The molecule has 1 saturated carbocycles. The molecule has 21 heavy (non-hydrogen) atoms. The number of carbonyl (C=O) groups is 1. The largest absolute Gasteiger partial charge is 0.460 e. The van der Waals surface area contributed by atoms with E-state index < -0.39 is 0 Å². The smallest absolute Gasteiger partial charge is 0.376 e. The standard InChI is InChI=1S/C17H27NO3/c1-4-20-17(19)16-14(10-12(2)3)18-15(21-16)11-13-8-6-5-7-9-13/h12-13H,4-11H2,1-3H3. The number of aromatic nitrogens is 1. The number of hydrogen-bond acceptors (Lipinski definition) is 4. The van der Waals surface area contributed by atoms with Gasteiger partial charge in [-0.2, -0.15) is 0 Å². The van der Waals surface area contributed by atoms with Gasteiger partial charge in [0.15, 0.2) is 5.89 Å². The highest BCUT2D eigenvalue weighted by Crippen LogP contribution is 2.27. The molecule has 1 aromatic rings. The van der Waals surface area contributed by atoms with E-state index in [2.05, 4.69) is 18.8 Å². The van der Waals surface area contributed by atoms with Crippen molar-refractivity contribution < 1.29 is 13.9 Å². The summed E-state index contributed by atoms with van der Waals surface area (Å²) in [6.45, 7) is 6.40. The molecule has 0 atom stereocenters. The van der Waals surface area contributed by atoms with Crippen LogP contribution in [0.25, 0.3) is 0 Å². The Labute approximate surface area is 127 Å². The molecule has 0 aliphatic heterocycles. The predicted octanol–water partition coefficient (Wildman–Crippen LogP) is 4.17. The highest BCUT2D eigenvalue weighted by atomic mass is 16.5. The minimum atomic E-state index is -0.379. The Bertz CT molecular complexity index is 459. The fourth-order valence-corrected chi connectivity index (χ4v) is 3.01. The molecular formula is C17H27NO3. The fourth-order valence-electron chi connectivity index (χ4n) is 3.01. The molecule has 0 N–H and O–H groups in total. The molecule has 0 bridgehead atoms. The number of rotatable bonds is 6.